The van der Waals surface area contributed by atoms with Gasteiger partial charge in [-0.25, -0.2) is 13.1 Å². The molecule has 0 amide bonds. The molecular formula is C14H9ClF3N5O2S. The minimum atomic E-state index is -4.78. The Morgan fingerprint density at radius 3 is 2.54 bits per heavy atom. The molecule has 2 aromatic carbocycles. The summed E-state index contributed by atoms with van der Waals surface area (Å²) < 4.78 is 67.1. The van der Waals surface area contributed by atoms with Crippen LogP contribution in [-0.4, -0.2) is 28.6 Å². The molecule has 1 heterocycles. The number of hydrogen-bond donors (Lipinski definition) is 1. The van der Waals surface area contributed by atoms with Crippen molar-refractivity contribution < 1.29 is 21.6 Å². The molecule has 0 aliphatic carbocycles. The van der Waals surface area contributed by atoms with Gasteiger partial charge >= 0.3 is 6.18 Å². The molecular weight excluding hydrogens is 395 g/mol. The molecule has 0 atom stereocenters. The Kier molecular flexibility index (Phi) is 4.59. The number of hydrogen-bond acceptors (Lipinski definition) is 5. The van der Waals surface area contributed by atoms with E-state index in [1.807, 2.05) is 0 Å². The molecule has 1 aromatic heterocycles. The van der Waals surface area contributed by atoms with E-state index in [2.05, 4.69) is 20.2 Å². The molecule has 0 spiro atoms. The van der Waals surface area contributed by atoms with Gasteiger partial charge in [0.25, 0.3) is 10.0 Å². The van der Waals surface area contributed by atoms with Gasteiger partial charge in [0.15, 0.2) is 0 Å². The van der Waals surface area contributed by atoms with Crippen LogP contribution >= 0.6 is 11.6 Å². The highest BCUT2D eigenvalue weighted by Gasteiger charge is 2.34. The van der Waals surface area contributed by atoms with Crippen LogP contribution in [0.1, 0.15) is 5.56 Å². The first kappa shape index (κ1) is 18.1. The molecule has 26 heavy (non-hydrogen) atoms. The standard InChI is InChI=1S/C14H9ClF3N5O2S/c15-13-5-4-11(7-12(13)14(16,17)18)26(24,25)20-9-2-1-3-10(6-9)23-8-19-21-22-23/h1-8,20H. The molecule has 0 radical (unpaired) electrons. The van der Waals surface area contributed by atoms with Crippen LogP contribution < -0.4 is 4.72 Å². The minimum absolute atomic E-state index is 0.126. The number of tetrazole rings is 1. The third kappa shape index (κ3) is 3.78. The normalized spacial score (nSPS) is 12.2. The lowest BCUT2D eigenvalue weighted by Crippen LogP contribution is -2.15. The van der Waals surface area contributed by atoms with E-state index in [0.29, 0.717) is 11.8 Å². The van der Waals surface area contributed by atoms with Crippen molar-refractivity contribution in [1.29, 1.82) is 0 Å². The Morgan fingerprint density at radius 2 is 1.88 bits per heavy atom. The number of anilines is 1. The van der Waals surface area contributed by atoms with Crippen molar-refractivity contribution in [1.82, 2.24) is 20.2 Å². The lowest BCUT2D eigenvalue weighted by molar-refractivity contribution is -0.137. The molecule has 136 valence electrons. The summed E-state index contributed by atoms with van der Waals surface area (Å²) in [6, 6.07) is 8.38. The summed E-state index contributed by atoms with van der Waals surface area (Å²) >= 11 is 5.51. The van der Waals surface area contributed by atoms with Gasteiger partial charge in [0.05, 0.1) is 26.9 Å². The van der Waals surface area contributed by atoms with Crippen LogP contribution in [0.15, 0.2) is 53.7 Å². The molecule has 3 rings (SSSR count). The molecule has 0 aliphatic heterocycles. The van der Waals surface area contributed by atoms with E-state index < -0.39 is 31.7 Å². The zero-order valence-electron chi connectivity index (χ0n) is 12.6. The van der Waals surface area contributed by atoms with Crippen LogP contribution in [0.4, 0.5) is 18.9 Å². The van der Waals surface area contributed by atoms with Crippen molar-refractivity contribution in [2.75, 3.05) is 4.72 Å². The monoisotopic (exact) mass is 403 g/mol. The first-order valence-corrected chi connectivity index (χ1v) is 8.76. The van der Waals surface area contributed by atoms with Crippen LogP contribution in [0.2, 0.25) is 5.02 Å². The molecule has 0 saturated heterocycles. The number of nitrogens with zero attached hydrogens (tertiary/aromatic N) is 4. The van der Waals surface area contributed by atoms with Gasteiger partial charge < -0.3 is 0 Å². The van der Waals surface area contributed by atoms with E-state index in [-0.39, 0.29) is 5.69 Å². The molecule has 7 nitrogen and oxygen atoms in total. The predicted octanol–water partition coefficient (Wildman–Crippen LogP) is 3.14. The van der Waals surface area contributed by atoms with E-state index >= 15 is 0 Å². The molecule has 0 aliphatic rings. The van der Waals surface area contributed by atoms with Crippen molar-refractivity contribution in [3.63, 3.8) is 0 Å². The number of rotatable bonds is 4. The SMILES string of the molecule is O=S(=O)(Nc1cccc(-n2cnnn2)c1)c1ccc(Cl)c(C(F)(F)F)c1. The van der Waals surface area contributed by atoms with Crippen molar-refractivity contribution in [2.45, 2.75) is 11.1 Å². The maximum atomic E-state index is 12.9. The van der Waals surface area contributed by atoms with Crippen molar-refractivity contribution in [3.05, 3.63) is 59.4 Å². The Balaban J connectivity index is 1.94. The van der Waals surface area contributed by atoms with E-state index in [9.17, 15) is 21.6 Å². The third-order valence-electron chi connectivity index (χ3n) is 3.27. The highest BCUT2D eigenvalue weighted by atomic mass is 35.5. The smallest absolute Gasteiger partial charge is 0.280 e. The average Bonchev–Trinajstić information content (AvgIpc) is 3.08. The van der Waals surface area contributed by atoms with E-state index in [1.165, 1.54) is 29.2 Å². The summed E-state index contributed by atoms with van der Waals surface area (Å²) in [5.74, 6) is 0. The lowest BCUT2D eigenvalue weighted by atomic mass is 10.2. The highest BCUT2D eigenvalue weighted by molar-refractivity contribution is 7.92. The quantitative estimate of drug-likeness (QED) is 0.722. The second-order valence-electron chi connectivity index (χ2n) is 5.05. The first-order chi connectivity index (χ1) is 12.2. The highest BCUT2D eigenvalue weighted by Crippen LogP contribution is 2.36. The second-order valence-corrected chi connectivity index (χ2v) is 7.14. The van der Waals surface area contributed by atoms with E-state index in [4.69, 9.17) is 11.6 Å². The summed E-state index contributed by atoms with van der Waals surface area (Å²) in [6.07, 6.45) is -3.47. The van der Waals surface area contributed by atoms with Gasteiger partial charge in [-0.05, 0) is 46.8 Å². The summed E-state index contributed by atoms with van der Waals surface area (Å²) in [5, 5.41) is 10.0. The third-order valence-corrected chi connectivity index (χ3v) is 4.97. The number of sulfonamides is 1. The van der Waals surface area contributed by atoms with Gasteiger partial charge in [0, 0.05) is 0 Å². The van der Waals surface area contributed by atoms with Crippen LogP contribution in [0.5, 0.6) is 0 Å². The van der Waals surface area contributed by atoms with Gasteiger partial charge in [-0.2, -0.15) is 13.2 Å². The van der Waals surface area contributed by atoms with Gasteiger partial charge in [-0.15, -0.1) is 5.10 Å². The topological polar surface area (TPSA) is 89.8 Å². The Labute approximate surface area is 150 Å². The van der Waals surface area contributed by atoms with Crippen molar-refractivity contribution >= 4 is 27.3 Å². The number of benzene rings is 2. The second kappa shape index (κ2) is 6.57. The maximum Gasteiger partial charge on any atom is 0.417 e. The molecule has 0 saturated carbocycles. The Hall–Kier alpha value is -2.66. The summed E-state index contributed by atoms with van der Waals surface area (Å²) in [4.78, 5) is -0.568. The predicted molar refractivity (Wildman–Crippen MR) is 86.4 cm³/mol. The van der Waals surface area contributed by atoms with Crippen LogP contribution in [-0.2, 0) is 16.2 Å². The summed E-state index contributed by atoms with van der Waals surface area (Å²) in [6.45, 7) is 0. The van der Waals surface area contributed by atoms with Gasteiger partial charge in [-0.1, -0.05) is 17.7 Å². The fourth-order valence-corrected chi connectivity index (χ4v) is 3.39. The van der Waals surface area contributed by atoms with Gasteiger partial charge in [0.1, 0.15) is 6.33 Å². The molecule has 12 heteroatoms. The van der Waals surface area contributed by atoms with Crippen LogP contribution in [0.25, 0.3) is 5.69 Å². The zero-order chi connectivity index (χ0) is 18.9. The van der Waals surface area contributed by atoms with Crippen LogP contribution in [0, 0.1) is 0 Å². The minimum Gasteiger partial charge on any atom is -0.280 e. The summed E-state index contributed by atoms with van der Waals surface area (Å²) in [7, 11) is -4.27. The number of aromatic nitrogens is 4. The zero-order valence-corrected chi connectivity index (χ0v) is 14.2. The Bertz CT molecular complexity index is 1040. The molecule has 0 bridgehead atoms. The molecule has 0 fully saturated rings. The molecule has 1 N–H and O–H groups in total. The van der Waals surface area contributed by atoms with E-state index in [1.54, 1.807) is 6.07 Å². The molecule has 0 unspecified atom stereocenters. The van der Waals surface area contributed by atoms with E-state index in [0.717, 1.165) is 12.1 Å². The largest absolute Gasteiger partial charge is 0.417 e. The lowest BCUT2D eigenvalue weighted by Gasteiger charge is -2.13. The van der Waals surface area contributed by atoms with Gasteiger partial charge in [0.2, 0.25) is 0 Å². The first-order valence-electron chi connectivity index (χ1n) is 6.90. The average molecular weight is 404 g/mol. The van der Waals surface area contributed by atoms with Gasteiger partial charge in [-0.3, -0.25) is 4.72 Å². The van der Waals surface area contributed by atoms with Crippen molar-refractivity contribution in [2.24, 2.45) is 0 Å². The number of halogens is 4. The van der Waals surface area contributed by atoms with Crippen LogP contribution in [0.3, 0.4) is 0 Å². The fourth-order valence-electron chi connectivity index (χ4n) is 2.09. The summed E-state index contributed by atoms with van der Waals surface area (Å²) in [5.41, 5.74) is -0.645. The maximum absolute atomic E-state index is 12.9. The fraction of sp³-hybridized carbons (Fsp3) is 0.0714. The molecule has 3 aromatic rings. The Morgan fingerprint density at radius 1 is 1.12 bits per heavy atom. The number of nitrogens with one attached hydrogen (secondary N) is 1. The number of alkyl halides is 3. The van der Waals surface area contributed by atoms with Crippen molar-refractivity contribution in [3.8, 4) is 5.69 Å².